The quantitative estimate of drug-likeness (QED) is 0.853. The molecule has 1 N–H and O–H groups in total. The summed E-state index contributed by atoms with van der Waals surface area (Å²) >= 11 is 6.04. The second kappa shape index (κ2) is 4.83. The van der Waals surface area contributed by atoms with Crippen molar-refractivity contribution in [3.8, 4) is 5.75 Å². The van der Waals surface area contributed by atoms with Crippen molar-refractivity contribution in [2.45, 2.75) is 18.6 Å². The van der Waals surface area contributed by atoms with E-state index >= 15 is 0 Å². The largest absolute Gasteiger partial charge is 0.485 e. The fourth-order valence-corrected chi connectivity index (χ4v) is 2.67. The maximum absolute atomic E-state index is 13.9. The predicted octanol–water partition coefficient (Wildman–Crippen LogP) is 4.04. The van der Waals surface area contributed by atoms with E-state index in [-0.39, 0.29) is 6.42 Å². The van der Waals surface area contributed by atoms with Crippen LogP contribution in [0.15, 0.2) is 42.5 Å². The van der Waals surface area contributed by atoms with Crippen LogP contribution in [-0.2, 0) is 0 Å². The van der Waals surface area contributed by atoms with Gasteiger partial charge in [-0.15, -0.1) is 0 Å². The van der Waals surface area contributed by atoms with Gasteiger partial charge in [0.05, 0.1) is 11.1 Å². The van der Waals surface area contributed by atoms with Gasteiger partial charge in [0.15, 0.2) is 0 Å². The molecule has 0 aromatic heterocycles. The van der Waals surface area contributed by atoms with Crippen LogP contribution in [0.25, 0.3) is 0 Å². The topological polar surface area (TPSA) is 29.5 Å². The molecular formula is C15H12ClFO2. The van der Waals surface area contributed by atoms with Crippen molar-refractivity contribution in [1.82, 2.24) is 0 Å². The molecule has 1 heterocycles. The molecule has 2 aromatic carbocycles. The summed E-state index contributed by atoms with van der Waals surface area (Å²) in [6.45, 7) is 0. The predicted molar refractivity (Wildman–Crippen MR) is 70.8 cm³/mol. The van der Waals surface area contributed by atoms with Crippen LogP contribution in [0.5, 0.6) is 5.75 Å². The van der Waals surface area contributed by atoms with E-state index in [4.69, 9.17) is 16.3 Å². The first-order valence-corrected chi connectivity index (χ1v) is 6.42. The van der Waals surface area contributed by atoms with E-state index in [1.54, 1.807) is 24.3 Å². The monoisotopic (exact) mass is 278 g/mol. The van der Waals surface area contributed by atoms with Gasteiger partial charge in [-0.25, -0.2) is 4.39 Å². The third-order valence-electron chi connectivity index (χ3n) is 3.31. The number of aliphatic hydroxyl groups excluding tert-OH is 1. The Labute approximate surface area is 115 Å². The Morgan fingerprint density at radius 3 is 2.74 bits per heavy atom. The van der Waals surface area contributed by atoms with Crippen molar-refractivity contribution in [2.24, 2.45) is 0 Å². The Morgan fingerprint density at radius 1 is 1.16 bits per heavy atom. The first-order valence-electron chi connectivity index (χ1n) is 6.04. The number of para-hydroxylation sites is 1. The van der Waals surface area contributed by atoms with Crippen LogP contribution >= 0.6 is 11.6 Å². The van der Waals surface area contributed by atoms with Crippen LogP contribution in [0.3, 0.4) is 0 Å². The lowest BCUT2D eigenvalue weighted by Crippen LogP contribution is -2.20. The molecular weight excluding hydrogens is 267 g/mol. The lowest BCUT2D eigenvalue weighted by atomic mass is 9.95. The summed E-state index contributed by atoms with van der Waals surface area (Å²) in [6, 6.07) is 11.7. The third-order valence-corrected chi connectivity index (χ3v) is 3.64. The molecule has 4 heteroatoms. The Balaban J connectivity index is 2.02. The molecule has 19 heavy (non-hydrogen) atoms. The average Bonchev–Trinajstić information content (AvgIpc) is 2.38. The van der Waals surface area contributed by atoms with Crippen molar-refractivity contribution >= 4 is 11.6 Å². The highest BCUT2D eigenvalue weighted by Gasteiger charge is 2.30. The average molecular weight is 279 g/mol. The van der Waals surface area contributed by atoms with E-state index < -0.39 is 18.0 Å². The highest BCUT2D eigenvalue weighted by molar-refractivity contribution is 6.31. The Morgan fingerprint density at radius 2 is 1.95 bits per heavy atom. The molecule has 0 saturated carbocycles. The standard InChI is InChI=1S/C15H12ClFO2/c16-10-5-3-6-11(17)15(10)14-8-12(18)9-4-1-2-7-13(9)19-14/h1-7,12,14,18H,8H2/t12-,14?/m1/s1. The van der Waals surface area contributed by atoms with Crippen LogP contribution in [0, 0.1) is 5.82 Å². The van der Waals surface area contributed by atoms with E-state index in [2.05, 4.69) is 0 Å². The molecule has 98 valence electrons. The lowest BCUT2D eigenvalue weighted by molar-refractivity contribution is 0.0641. The van der Waals surface area contributed by atoms with Crippen molar-refractivity contribution in [2.75, 3.05) is 0 Å². The van der Waals surface area contributed by atoms with Gasteiger partial charge in [-0.2, -0.15) is 0 Å². The molecule has 0 fully saturated rings. The molecule has 1 aliphatic heterocycles. The van der Waals surface area contributed by atoms with Gasteiger partial charge in [-0.1, -0.05) is 35.9 Å². The van der Waals surface area contributed by atoms with Gasteiger partial charge in [-0.3, -0.25) is 0 Å². The molecule has 3 rings (SSSR count). The van der Waals surface area contributed by atoms with Gasteiger partial charge >= 0.3 is 0 Å². The molecule has 0 aliphatic carbocycles. The number of ether oxygens (including phenoxy) is 1. The number of rotatable bonds is 1. The maximum Gasteiger partial charge on any atom is 0.131 e. The lowest BCUT2D eigenvalue weighted by Gasteiger charge is -2.30. The zero-order valence-electron chi connectivity index (χ0n) is 10.0. The normalized spacial score (nSPS) is 21.6. The summed E-state index contributed by atoms with van der Waals surface area (Å²) in [5.74, 6) is 0.162. The minimum atomic E-state index is -0.675. The fourth-order valence-electron chi connectivity index (χ4n) is 2.39. The summed E-state index contributed by atoms with van der Waals surface area (Å²) in [5.41, 5.74) is 1.03. The van der Waals surface area contributed by atoms with E-state index in [1.807, 2.05) is 12.1 Å². The summed E-state index contributed by atoms with van der Waals surface area (Å²) in [4.78, 5) is 0. The van der Waals surface area contributed by atoms with Crippen molar-refractivity contribution < 1.29 is 14.2 Å². The summed E-state index contributed by atoms with van der Waals surface area (Å²) in [5, 5.41) is 10.4. The summed E-state index contributed by atoms with van der Waals surface area (Å²) < 4.78 is 19.7. The first kappa shape index (κ1) is 12.5. The number of halogens is 2. The molecule has 2 atom stereocenters. The Bertz CT molecular complexity index is 595. The molecule has 1 unspecified atom stereocenters. The molecule has 0 amide bonds. The van der Waals surface area contributed by atoms with Crippen LogP contribution in [0.1, 0.15) is 29.8 Å². The smallest absolute Gasteiger partial charge is 0.131 e. The second-order valence-corrected chi connectivity index (χ2v) is 4.94. The molecule has 0 spiro atoms. The highest BCUT2D eigenvalue weighted by Crippen LogP contribution is 2.42. The van der Waals surface area contributed by atoms with E-state index in [0.717, 1.165) is 5.56 Å². The summed E-state index contributed by atoms with van der Waals surface area (Å²) in [7, 11) is 0. The molecule has 0 radical (unpaired) electrons. The first-order chi connectivity index (χ1) is 9.16. The molecule has 1 aliphatic rings. The maximum atomic E-state index is 13.9. The van der Waals surface area contributed by atoms with E-state index in [0.29, 0.717) is 16.3 Å². The van der Waals surface area contributed by atoms with E-state index in [1.165, 1.54) is 6.07 Å². The molecule has 0 bridgehead atoms. The minimum absolute atomic E-state index is 0.289. The second-order valence-electron chi connectivity index (χ2n) is 4.53. The number of hydrogen-bond donors (Lipinski definition) is 1. The molecule has 2 aromatic rings. The fraction of sp³-hybridized carbons (Fsp3) is 0.200. The number of fused-ring (bicyclic) bond motifs is 1. The van der Waals surface area contributed by atoms with Crippen LogP contribution in [0.2, 0.25) is 5.02 Å². The summed E-state index contributed by atoms with van der Waals surface area (Å²) in [6.07, 6.45) is -0.957. The highest BCUT2D eigenvalue weighted by atomic mass is 35.5. The van der Waals surface area contributed by atoms with Crippen molar-refractivity contribution in [1.29, 1.82) is 0 Å². The third kappa shape index (κ3) is 2.20. The van der Waals surface area contributed by atoms with Crippen molar-refractivity contribution in [3.63, 3.8) is 0 Å². The number of hydrogen-bond acceptors (Lipinski definition) is 2. The van der Waals surface area contributed by atoms with Crippen LogP contribution in [0.4, 0.5) is 4.39 Å². The van der Waals surface area contributed by atoms with Gasteiger partial charge in [-0.05, 0) is 18.2 Å². The zero-order chi connectivity index (χ0) is 13.4. The van der Waals surface area contributed by atoms with Gasteiger partial charge in [0, 0.05) is 17.5 Å². The van der Waals surface area contributed by atoms with Gasteiger partial charge in [0.1, 0.15) is 17.7 Å². The van der Waals surface area contributed by atoms with Crippen LogP contribution in [-0.4, -0.2) is 5.11 Å². The Hall–Kier alpha value is -1.58. The van der Waals surface area contributed by atoms with Crippen LogP contribution < -0.4 is 4.74 Å². The minimum Gasteiger partial charge on any atom is -0.485 e. The Kier molecular flexibility index (Phi) is 3.17. The van der Waals surface area contributed by atoms with Crippen molar-refractivity contribution in [3.05, 3.63) is 64.4 Å². The van der Waals surface area contributed by atoms with E-state index in [9.17, 15) is 9.50 Å². The number of aliphatic hydroxyl groups is 1. The zero-order valence-corrected chi connectivity index (χ0v) is 10.8. The van der Waals surface area contributed by atoms with Gasteiger partial charge in [0.2, 0.25) is 0 Å². The molecule has 0 saturated heterocycles. The number of benzene rings is 2. The van der Waals surface area contributed by atoms with Gasteiger partial charge < -0.3 is 9.84 Å². The van der Waals surface area contributed by atoms with Gasteiger partial charge in [0.25, 0.3) is 0 Å². The molecule has 2 nitrogen and oxygen atoms in total. The SMILES string of the molecule is O[C@@H]1CC(c2c(F)cccc2Cl)Oc2ccccc21.